The van der Waals surface area contributed by atoms with E-state index in [1.807, 2.05) is 0 Å². The van der Waals surface area contributed by atoms with Crippen LogP contribution in [0.25, 0.3) is 0 Å². The topological polar surface area (TPSA) is 0 Å². The molecule has 0 amide bonds. The molecule has 0 saturated heterocycles. The monoisotopic (exact) mass is 480 g/mol. The van der Waals surface area contributed by atoms with Gasteiger partial charge in [0.05, 0.1) is 0 Å². The standard InChI is InChI=1S/Co.Mo.H2Se2.HSe2/c;;2*1-2/h;;1-2H;1H. The molecule has 0 bridgehead atoms. The minimum absolute atomic E-state index is 0. The van der Waals surface area contributed by atoms with Crippen molar-refractivity contribution in [2.75, 3.05) is 0 Å². The van der Waals surface area contributed by atoms with Gasteiger partial charge in [0.2, 0.25) is 0 Å². The van der Waals surface area contributed by atoms with Crippen LogP contribution in [0.5, 0.6) is 0 Å². The molecular weight excluding hydrogens is 471 g/mol. The molecule has 0 rings (SSSR count). The van der Waals surface area contributed by atoms with E-state index in [0.29, 0.717) is 0 Å². The molecule has 0 aliphatic carbocycles. The average Bonchev–Trinajstić information content (AvgIpc) is 1.50. The summed E-state index contributed by atoms with van der Waals surface area (Å²) in [5.41, 5.74) is 0. The van der Waals surface area contributed by atoms with Crippen molar-refractivity contribution in [3.63, 3.8) is 0 Å². The molecule has 0 aromatic rings. The van der Waals surface area contributed by atoms with Crippen LogP contribution in [-0.4, -0.2) is 56.7 Å². The molecule has 0 fully saturated rings. The van der Waals surface area contributed by atoms with Crippen molar-refractivity contribution in [3.05, 3.63) is 0 Å². The molecule has 0 aliphatic heterocycles. The Bertz CT molecular complexity index is 7.51. The van der Waals surface area contributed by atoms with Crippen LogP contribution >= 0.6 is 0 Å². The van der Waals surface area contributed by atoms with Crippen molar-refractivity contribution in [2.24, 2.45) is 0 Å². The molecule has 2 radical (unpaired) electrons. The molecule has 0 heterocycles. The fourth-order valence-electron chi connectivity index (χ4n) is 0. The second-order valence-electron chi connectivity index (χ2n) is 0. The molecule has 0 aliphatic rings. The summed E-state index contributed by atoms with van der Waals surface area (Å²) in [5, 5.41) is 0. The third-order valence-electron chi connectivity index (χ3n) is 0. The van der Waals surface area contributed by atoms with Crippen LogP contribution in [-0.2, 0) is 37.8 Å². The molecule has 6 heteroatoms. The second kappa shape index (κ2) is 40.9. The Labute approximate surface area is 92.9 Å². The van der Waals surface area contributed by atoms with Gasteiger partial charge in [-0.2, -0.15) is 0 Å². The summed E-state index contributed by atoms with van der Waals surface area (Å²) in [6, 6.07) is 0. The zero-order chi connectivity index (χ0) is 4.00. The maximum absolute atomic E-state index is 2.56. The van der Waals surface area contributed by atoms with Crippen LogP contribution in [0.4, 0.5) is 0 Å². The Hall–Kier alpha value is 3.27. The summed E-state index contributed by atoms with van der Waals surface area (Å²) in [4.78, 5) is 0. The summed E-state index contributed by atoms with van der Waals surface area (Å²) in [6.45, 7) is 0. The van der Waals surface area contributed by atoms with Crippen LogP contribution in [0.15, 0.2) is 0 Å². The molecular formula is H3CoMoSe4. The van der Waals surface area contributed by atoms with E-state index in [0.717, 1.165) is 0 Å². The van der Waals surface area contributed by atoms with Gasteiger partial charge in [-0.25, -0.2) is 0 Å². The Kier molecular flexibility index (Phi) is 155. The van der Waals surface area contributed by atoms with Gasteiger partial charge in [0.1, 0.15) is 0 Å². The molecule has 0 aromatic heterocycles. The van der Waals surface area contributed by atoms with E-state index in [1.165, 1.54) is 0 Å². The van der Waals surface area contributed by atoms with Crippen LogP contribution < -0.4 is 0 Å². The van der Waals surface area contributed by atoms with Gasteiger partial charge in [-0.1, -0.05) is 0 Å². The van der Waals surface area contributed by atoms with Crippen molar-refractivity contribution in [2.45, 2.75) is 0 Å². The predicted molar refractivity (Wildman–Crippen MR) is 27.2 cm³/mol. The summed E-state index contributed by atoms with van der Waals surface area (Å²) < 4.78 is 0. The predicted octanol–water partition coefficient (Wildman–Crippen LogP) is -2.33. The Morgan fingerprint density at radius 3 is 1.00 bits per heavy atom. The Morgan fingerprint density at radius 2 is 1.00 bits per heavy atom. The number of hydrogen-bond acceptors (Lipinski definition) is 0. The average molecular weight is 474 g/mol. The van der Waals surface area contributed by atoms with Crippen molar-refractivity contribution in [1.29, 1.82) is 0 Å². The first kappa shape index (κ1) is 22.8. The van der Waals surface area contributed by atoms with Crippen molar-refractivity contribution in [3.8, 4) is 0 Å². The van der Waals surface area contributed by atoms with Crippen molar-refractivity contribution >= 4 is 56.7 Å². The van der Waals surface area contributed by atoms with E-state index in [9.17, 15) is 0 Å². The van der Waals surface area contributed by atoms with Crippen LogP contribution in [0.3, 0.4) is 0 Å². The van der Waals surface area contributed by atoms with E-state index >= 15 is 0 Å². The third-order valence-corrected chi connectivity index (χ3v) is 0. The molecule has 0 N–H and O–H groups in total. The fraction of sp³-hybridized carbons (Fsp3) is 0. The van der Waals surface area contributed by atoms with Crippen LogP contribution in [0.2, 0.25) is 0 Å². The first-order valence-corrected chi connectivity index (χ1v) is 10.3. The first-order valence-electron chi connectivity index (χ1n) is 0.383. The Balaban J connectivity index is -0.00000000500. The van der Waals surface area contributed by atoms with Gasteiger partial charge in [-0.3, -0.25) is 0 Å². The van der Waals surface area contributed by atoms with Gasteiger partial charge in [0.15, 0.2) is 0 Å². The third kappa shape index (κ3) is 26.7. The van der Waals surface area contributed by atoms with E-state index < -0.39 is 0 Å². The van der Waals surface area contributed by atoms with Gasteiger partial charge in [0.25, 0.3) is 0 Å². The summed E-state index contributed by atoms with van der Waals surface area (Å²) >= 11 is 9.25. The summed E-state index contributed by atoms with van der Waals surface area (Å²) in [5.74, 6) is 0. The quantitative estimate of drug-likeness (QED) is 0.346. The molecule has 0 spiro atoms. The second-order valence-corrected chi connectivity index (χ2v) is 0. The van der Waals surface area contributed by atoms with E-state index in [-0.39, 0.29) is 37.8 Å². The zero-order valence-corrected chi connectivity index (χ0v) is 12.9. The SMILES string of the molecule is [Co].[Mo].[SeH][SeH].[Se][SeH]. The number of rotatable bonds is 0. The van der Waals surface area contributed by atoms with Gasteiger partial charge >= 0.3 is 56.7 Å². The van der Waals surface area contributed by atoms with Gasteiger partial charge in [-0.15, -0.1) is 0 Å². The normalized spacial score (nSPS) is 2.00. The molecule has 0 nitrogen and oxygen atoms in total. The first-order chi connectivity index (χ1) is 2.00. The zero-order valence-electron chi connectivity index (χ0n) is 2.49. The fourth-order valence-corrected chi connectivity index (χ4v) is 0. The van der Waals surface area contributed by atoms with E-state index in [2.05, 4.69) is 56.7 Å². The van der Waals surface area contributed by atoms with Crippen molar-refractivity contribution < 1.29 is 37.8 Å². The number of hydrogen-bond donors (Lipinski definition) is 0. The molecule has 0 saturated carbocycles. The summed E-state index contributed by atoms with van der Waals surface area (Å²) in [6.07, 6.45) is 0. The van der Waals surface area contributed by atoms with E-state index in [1.54, 1.807) is 0 Å². The van der Waals surface area contributed by atoms with Gasteiger partial charge in [0, 0.05) is 37.8 Å². The molecule has 0 unspecified atom stereocenters. The minimum atomic E-state index is 0. The van der Waals surface area contributed by atoms with Crippen molar-refractivity contribution in [1.82, 2.24) is 0 Å². The molecule has 6 heavy (non-hydrogen) atoms. The maximum atomic E-state index is 2.56. The molecule has 42 valence electrons. The van der Waals surface area contributed by atoms with Gasteiger partial charge < -0.3 is 0 Å². The van der Waals surface area contributed by atoms with E-state index in [4.69, 9.17) is 0 Å². The van der Waals surface area contributed by atoms with Crippen LogP contribution in [0, 0.1) is 0 Å². The van der Waals surface area contributed by atoms with Crippen LogP contribution in [0.1, 0.15) is 0 Å². The molecule has 0 atom stereocenters. The summed E-state index contributed by atoms with van der Waals surface area (Å²) in [7, 11) is 0. The molecule has 0 aromatic carbocycles. The Morgan fingerprint density at radius 1 is 1.00 bits per heavy atom. The van der Waals surface area contributed by atoms with Gasteiger partial charge in [-0.05, 0) is 0 Å².